The van der Waals surface area contributed by atoms with Gasteiger partial charge in [-0.05, 0) is 26.0 Å². The number of para-hydroxylation sites is 2. The molecule has 0 bridgehead atoms. The SMILES string of the molecule is CCOc1ccccc1-n1cc(C#N)c(=O)cc1C. The number of rotatable bonds is 3. The number of benzene rings is 1. The van der Waals surface area contributed by atoms with E-state index in [1.807, 2.05) is 44.2 Å². The van der Waals surface area contributed by atoms with Crippen molar-refractivity contribution in [2.75, 3.05) is 6.61 Å². The van der Waals surface area contributed by atoms with Gasteiger partial charge in [-0.15, -0.1) is 0 Å². The van der Waals surface area contributed by atoms with Gasteiger partial charge in [0.1, 0.15) is 17.4 Å². The van der Waals surface area contributed by atoms with Crippen molar-refractivity contribution in [1.29, 1.82) is 5.26 Å². The third kappa shape index (κ3) is 2.50. The van der Waals surface area contributed by atoms with Crippen molar-refractivity contribution in [2.45, 2.75) is 13.8 Å². The molecule has 96 valence electrons. The lowest BCUT2D eigenvalue weighted by molar-refractivity contribution is 0.339. The molecule has 0 saturated heterocycles. The van der Waals surface area contributed by atoms with Crippen molar-refractivity contribution in [3.63, 3.8) is 0 Å². The Hall–Kier alpha value is -2.54. The number of ether oxygens (including phenoxy) is 1. The Morgan fingerprint density at radius 1 is 1.37 bits per heavy atom. The summed E-state index contributed by atoms with van der Waals surface area (Å²) in [5.41, 5.74) is 1.44. The standard InChI is InChI=1S/C15H14N2O2/c1-3-19-15-7-5-4-6-13(15)17-10-12(9-16)14(18)8-11(17)2/h4-8,10H,3H2,1-2H3. The van der Waals surface area contributed by atoms with Crippen molar-refractivity contribution in [3.05, 3.63) is 58.0 Å². The van der Waals surface area contributed by atoms with E-state index in [2.05, 4.69) is 0 Å². The van der Waals surface area contributed by atoms with Gasteiger partial charge in [0.05, 0.1) is 12.3 Å². The van der Waals surface area contributed by atoms with Gasteiger partial charge in [-0.3, -0.25) is 4.79 Å². The third-order valence-corrected chi connectivity index (χ3v) is 2.79. The molecule has 0 aliphatic heterocycles. The van der Waals surface area contributed by atoms with E-state index < -0.39 is 0 Å². The molecule has 0 saturated carbocycles. The zero-order valence-corrected chi connectivity index (χ0v) is 10.9. The van der Waals surface area contributed by atoms with Crippen LogP contribution in [0, 0.1) is 18.3 Å². The summed E-state index contributed by atoms with van der Waals surface area (Å²) < 4.78 is 7.36. The minimum atomic E-state index is -0.259. The molecule has 19 heavy (non-hydrogen) atoms. The molecule has 0 radical (unpaired) electrons. The molecule has 4 heteroatoms. The highest BCUT2D eigenvalue weighted by Crippen LogP contribution is 2.23. The van der Waals surface area contributed by atoms with E-state index in [4.69, 9.17) is 10.00 Å². The van der Waals surface area contributed by atoms with Crippen LogP contribution in [-0.4, -0.2) is 11.2 Å². The van der Waals surface area contributed by atoms with Gasteiger partial charge in [-0.2, -0.15) is 5.26 Å². The molecule has 0 spiro atoms. The minimum Gasteiger partial charge on any atom is -0.492 e. The van der Waals surface area contributed by atoms with Crippen LogP contribution in [0.15, 0.2) is 41.3 Å². The highest BCUT2D eigenvalue weighted by atomic mass is 16.5. The van der Waals surface area contributed by atoms with E-state index in [1.165, 1.54) is 6.07 Å². The van der Waals surface area contributed by atoms with Crippen molar-refractivity contribution in [3.8, 4) is 17.5 Å². The number of hydrogen-bond donors (Lipinski definition) is 0. The average Bonchev–Trinajstić information content (AvgIpc) is 2.40. The van der Waals surface area contributed by atoms with Crippen LogP contribution in [0.2, 0.25) is 0 Å². The molecule has 0 amide bonds. The first-order chi connectivity index (χ1) is 9.17. The number of hydrogen-bond acceptors (Lipinski definition) is 3. The molecule has 0 unspecified atom stereocenters. The minimum absolute atomic E-state index is 0.122. The second kappa shape index (κ2) is 5.40. The van der Waals surface area contributed by atoms with E-state index >= 15 is 0 Å². The fourth-order valence-corrected chi connectivity index (χ4v) is 1.91. The molecule has 0 aliphatic rings. The predicted octanol–water partition coefficient (Wildman–Crippen LogP) is 2.42. The van der Waals surface area contributed by atoms with Crippen LogP contribution in [0.5, 0.6) is 5.75 Å². The second-order valence-corrected chi connectivity index (χ2v) is 4.08. The molecular weight excluding hydrogens is 240 g/mol. The summed E-state index contributed by atoms with van der Waals surface area (Å²) in [6.07, 6.45) is 1.55. The molecule has 2 rings (SSSR count). The fraction of sp³-hybridized carbons (Fsp3) is 0.200. The van der Waals surface area contributed by atoms with Crippen molar-refractivity contribution >= 4 is 0 Å². The number of nitriles is 1. The van der Waals surface area contributed by atoms with Gasteiger partial charge in [0, 0.05) is 18.0 Å². The summed E-state index contributed by atoms with van der Waals surface area (Å²) in [5.74, 6) is 0.723. The summed E-state index contributed by atoms with van der Waals surface area (Å²) in [6, 6.07) is 10.9. The first kappa shape index (κ1) is 12.9. The molecule has 0 aliphatic carbocycles. The highest BCUT2D eigenvalue weighted by Gasteiger charge is 2.09. The number of aryl methyl sites for hydroxylation is 1. The molecule has 0 atom stereocenters. The Kier molecular flexibility index (Phi) is 3.67. The Balaban J connectivity index is 2.66. The van der Waals surface area contributed by atoms with Crippen LogP contribution in [0.1, 0.15) is 18.2 Å². The van der Waals surface area contributed by atoms with Gasteiger partial charge in [0.25, 0.3) is 0 Å². The first-order valence-corrected chi connectivity index (χ1v) is 6.03. The van der Waals surface area contributed by atoms with E-state index in [9.17, 15) is 4.79 Å². The summed E-state index contributed by atoms with van der Waals surface area (Å²) in [4.78, 5) is 11.6. The third-order valence-electron chi connectivity index (χ3n) is 2.79. The zero-order valence-electron chi connectivity index (χ0n) is 10.9. The van der Waals surface area contributed by atoms with Gasteiger partial charge in [0.15, 0.2) is 5.43 Å². The lowest BCUT2D eigenvalue weighted by atomic mass is 10.2. The molecule has 1 aromatic carbocycles. The normalized spacial score (nSPS) is 9.95. The van der Waals surface area contributed by atoms with Crippen LogP contribution in [-0.2, 0) is 0 Å². The highest BCUT2D eigenvalue weighted by molar-refractivity contribution is 5.48. The number of aromatic nitrogens is 1. The van der Waals surface area contributed by atoms with Crippen LogP contribution in [0.25, 0.3) is 5.69 Å². The maximum atomic E-state index is 11.6. The quantitative estimate of drug-likeness (QED) is 0.845. The van der Waals surface area contributed by atoms with E-state index in [1.54, 1.807) is 10.8 Å². The van der Waals surface area contributed by atoms with Gasteiger partial charge in [0.2, 0.25) is 0 Å². The molecule has 2 aromatic rings. The molecule has 0 fully saturated rings. The topological polar surface area (TPSA) is 55.0 Å². The monoisotopic (exact) mass is 254 g/mol. The fourth-order valence-electron chi connectivity index (χ4n) is 1.91. The Labute approximate surface area is 111 Å². The van der Waals surface area contributed by atoms with Gasteiger partial charge < -0.3 is 9.30 Å². The molecular formula is C15H14N2O2. The van der Waals surface area contributed by atoms with E-state index in [0.717, 1.165) is 17.1 Å². The van der Waals surface area contributed by atoms with Crippen LogP contribution < -0.4 is 10.2 Å². The van der Waals surface area contributed by atoms with Crippen LogP contribution >= 0.6 is 0 Å². The Morgan fingerprint density at radius 3 is 2.79 bits per heavy atom. The Morgan fingerprint density at radius 2 is 2.11 bits per heavy atom. The summed E-state index contributed by atoms with van der Waals surface area (Å²) >= 11 is 0. The lowest BCUT2D eigenvalue weighted by Gasteiger charge is -2.15. The average molecular weight is 254 g/mol. The van der Waals surface area contributed by atoms with Crippen molar-refractivity contribution in [1.82, 2.24) is 4.57 Å². The molecule has 1 aromatic heterocycles. The summed E-state index contributed by atoms with van der Waals surface area (Å²) in [7, 11) is 0. The van der Waals surface area contributed by atoms with Gasteiger partial charge in [-0.1, -0.05) is 12.1 Å². The van der Waals surface area contributed by atoms with Gasteiger partial charge in [-0.25, -0.2) is 0 Å². The molecule has 4 nitrogen and oxygen atoms in total. The first-order valence-electron chi connectivity index (χ1n) is 6.03. The van der Waals surface area contributed by atoms with E-state index in [0.29, 0.717) is 6.61 Å². The zero-order chi connectivity index (χ0) is 13.8. The van der Waals surface area contributed by atoms with E-state index in [-0.39, 0.29) is 11.0 Å². The summed E-state index contributed by atoms with van der Waals surface area (Å²) in [6.45, 7) is 4.29. The summed E-state index contributed by atoms with van der Waals surface area (Å²) in [5, 5.41) is 8.96. The number of nitrogens with zero attached hydrogens (tertiary/aromatic N) is 2. The number of pyridine rings is 1. The van der Waals surface area contributed by atoms with Crippen molar-refractivity contribution < 1.29 is 4.74 Å². The van der Waals surface area contributed by atoms with Gasteiger partial charge >= 0.3 is 0 Å². The van der Waals surface area contributed by atoms with Crippen molar-refractivity contribution in [2.24, 2.45) is 0 Å². The second-order valence-electron chi connectivity index (χ2n) is 4.08. The smallest absolute Gasteiger partial charge is 0.199 e. The largest absolute Gasteiger partial charge is 0.492 e. The maximum absolute atomic E-state index is 11.6. The maximum Gasteiger partial charge on any atom is 0.199 e. The van der Waals surface area contributed by atoms with Crippen LogP contribution in [0.3, 0.4) is 0 Å². The Bertz CT molecular complexity index is 696. The molecule has 1 heterocycles. The lowest BCUT2D eigenvalue weighted by Crippen LogP contribution is -2.12. The van der Waals surface area contributed by atoms with Crippen LogP contribution in [0.4, 0.5) is 0 Å². The molecule has 0 N–H and O–H groups in total. The predicted molar refractivity (Wildman–Crippen MR) is 72.7 cm³/mol.